The average Bonchev–Trinajstić information content (AvgIpc) is 2.43. The maximum atomic E-state index is 13.5. The maximum absolute atomic E-state index is 13.5. The fourth-order valence-electron chi connectivity index (χ4n) is 1.93. The molecule has 1 N–H and O–H groups in total. The van der Waals surface area contributed by atoms with Gasteiger partial charge in [0, 0.05) is 12.7 Å². The van der Waals surface area contributed by atoms with Gasteiger partial charge in [-0.25, -0.2) is 4.39 Å². The molecule has 9 heteroatoms. The number of aromatic nitrogens is 1. The van der Waals surface area contributed by atoms with Gasteiger partial charge in [-0.15, -0.1) is 0 Å². The second-order valence-corrected chi connectivity index (χ2v) is 4.80. The number of rotatable bonds is 2. The van der Waals surface area contributed by atoms with Crippen LogP contribution in [0.2, 0.25) is 5.02 Å². The third-order valence-electron chi connectivity index (χ3n) is 2.97. The summed E-state index contributed by atoms with van der Waals surface area (Å²) in [5.74, 6) is -3.16. The SMILES string of the molecule is CCn1cc(NC(=O)C(F)(F)F)c(=O)c2cc(F)c(Cl)cc21. The van der Waals surface area contributed by atoms with Crippen LogP contribution in [-0.2, 0) is 11.3 Å². The predicted octanol–water partition coefficient (Wildman–Crippen LogP) is 3.31. The molecular formula is C13H9ClF4N2O2. The van der Waals surface area contributed by atoms with E-state index in [4.69, 9.17) is 11.6 Å². The molecule has 2 aromatic rings. The molecule has 22 heavy (non-hydrogen) atoms. The van der Waals surface area contributed by atoms with Crippen molar-refractivity contribution in [1.29, 1.82) is 0 Å². The van der Waals surface area contributed by atoms with E-state index in [-0.39, 0.29) is 22.5 Å². The van der Waals surface area contributed by atoms with Gasteiger partial charge in [0.1, 0.15) is 11.5 Å². The minimum Gasteiger partial charge on any atom is -0.345 e. The van der Waals surface area contributed by atoms with Crippen molar-refractivity contribution in [1.82, 2.24) is 4.57 Å². The van der Waals surface area contributed by atoms with Gasteiger partial charge in [0.25, 0.3) is 0 Å². The van der Waals surface area contributed by atoms with Crippen molar-refractivity contribution in [2.75, 3.05) is 5.32 Å². The zero-order chi connectivity index (χ0) is 16.7. The van der Waals surface area contributed by atoms with E-state index in [2.05, 4.69) is 0 Å². The number of benzene rings is 1. The third kappa shape index (κ3) is 2.92. The van der Waals surface area contributed by atoms with Gasteiger partial charge in [-0.3, -0.25) is 9.59 Å². The highest BCUT2D eigenvalue weighted by atomic mass is 35.5. The standard InChI is InChI=1S/C13H9ClF4N2O2/c1-2-20-5-9(19-12(22)13(16,17)18)11(21)6-3-8(15)7(14)4-10(6)20/h3-5H,2H2,1H3,(H,19,22). The van der Waals surface area contributed by atoms with Crippen LogP contribution in [0.4, 0.5) is 23.2 Å². The summed E-state index contributed by atoms with van der Waals surface area (Å²) in [6.45, 7) is 1.93. The Morgan fingerprint density at radius 3 is 2.55 bits per heavy atom. The first-order valence-electron chi connectivity index (χ1n) is 6.05. The first kappa shape index (κ1) is 16.3. The van der Waals surface area contributed by atoms with E-state index < -0.39 is 29.0 Å². The zero-order valence-electron chi connectivity index (χ0n) is 11.1. The van der Waals surface area contributed by atoms with Crippen molar-refractivity contribution in [3.8, 4) is 0 Å². The molecular weight excluding hydrogens is 328 g/mol. The quantitative estimate of drug-likeness (QED) is 0.855. The van der Waals surface area contributed by atoms with Crippen molar-refractivity contribution in [2.45, 2.75) is 19.6 Å². The van der Waals surface area contributed by atoms with Crippen LogP contribution in [0.15, 0.2) is 23.1 Å². The van der Waals surface area contributed by atoms with Gasteiger partial charge in [0.2, 0.25) is 5.43 Å². The molecule has 0 unspecified atom stereocenters. The van der Waals surface area contributed by atoms with Crippen molar-refractivity contribution in [3.05, 3.63) is 39.4 Å². The fourth-order valence-corrected chi connectivity index (χ4v) is 2.09. The highest BCUT2D eigenvalue weighted by Gasteiger charge is 2.39. The molecule has 0 aliphatic heterocycles. The van der Waals surface area contributed by atoms with Crippen LogP contribution < -0.4 is 10.7 Å². The lowest BCUT2D eigenvalue weighted by Crippen LogP contribution is -2.32. The number of anilines is 1. The number of hydrogen-bond donors (Lipinski definition) is 1. The van der Waals surface area contributed by atoms with Crippen molar-refractivity contribution < 1.29 is 22.4 Å². The monoisotopic (exact) mass is 336 g/mol. The number of aryl methyl sites for hydroxylation is 1. The Morgan fingerprint density at radius 1 is 1.36 bits per heavy atom. The summed E-state index contributed by atoms with van der Waals surface area (Å²) in [6.07, 6.45) is -4.08. The summed E-state index contributed by atoms with van der Waals surface area (Å²) in [7, 11) is 0. The predicted molar refractivity (Wildman–Crippen MR) is 73.5 cm³/mol. The summed E-state index contributed by atoms with van der Waals surface area (Å²) in [6, 6.07) is 2.03. The number of amides is 1. The molecule has 1 aromatic heterocycles. The first-order chi connectivity index (χ1) is 10.1. The third-order valence-corrected chi connectivity index (χ3v) is 3.26. The number of nitrogens with one attached hydrogen (secondary N) is 1. The van der Waals surface area contributed by atoms with Crippen molar-refractivity contribution >= 4 is 34.1 Å². The van der Waals surface area contributed by atoms with E-state index >= 15 is 0 Å². The number of alkyl halides is 3. The van der Waals surface area contributed by atoms with Crippen LogP contribution in [0.1, 0.15) is 6.92 Å². The summed E-state index contributed by atoms with van der Waals surface area (Å²) >= 11 is 5.64. The molecule has 1 amide bonds. The Labute approximate surface area is 126 Å². The molecule has 0 saturated carbocycles. The van der Waals surface area contributed by atoms with E-state index in [0.717, 1.165) is 12.3 Å². The normalized spacial score (nSPS) is 11.7. The topological polar surface area (TPSA) is 51.1 Å². The summed E-state index contributed by atoms with van der Waals surface area (Å²) < 4.78 is 51.7. The molecule has 118 valence electrons. The molecule has 0 spiro atoms. The van der Waals surface area contributed by atoms with E-state index in [0.29, 0.717) is 0 Å². The number of halogens is 5. The van der Waals surface area contributed by atoms with Crippen LogP contribution in [0.3, 0.4) is 0 Å². The average molecular weight is 337 g/mol. The Hall–Kier alpha value is -2.09. The second kappa shape index (κ2) is 5.60. The number of pyridine rings is 1. The minimum atomic E-state index is -5.14. The summed E-state index contributed by atoms with van der Waals surface area (Å²) in [5.41, 5.74) is -1.25. The lowest BCUT2D eigenvalue weighted by Gasteiger charge is -2.13. The largest absolute Gasteiger partial charge is 0.471 e. The molecule has 0 atom stereocenters. The molecule has 0 aliphatic rings. The molecule has 0 aliphatic carbocycles. The van der Waals surface area contributed by atoms with E-state index in [9.17, 15) is 27.2 Å². The minimum absolute atomic E-state index is 0.177. The molecule has 0 radical (unpaired) electrons. The Balaban J connectivity index is 2.67. The van der Waals surface area contributed by atoms with Crippen LogP contribution in [0, 0.1) is 5.82 Å². The summed E-state index contributed by atoms with van der Waals surface area (Å²) in [4.78, 5) is 23.1. The molecule has 1 heterocycles. The number of fused-ring (bicyclic) bond motifs is 1. The fraction of sp³-hybridized carbons (Fsp3) is 0.231. The van der Waals surface area contributed by atoms with Crippen molar-refractivity contribution in [3.63, 3.8) is 0 Å². The van der Waals surface area contributed by atoms with Gasteiger partial charge in [-0.2, -0.15) is 13.2 Å². The van der Waals surface area contributed by atoms with Gasteiger partial charge in [-0.1, -0.05) is 11.6 Å². The molecule has 0 fully saturated rings. The Bertz CT molecular complexity index is 814. The number of nitrogens with zero attached hydrogens (tertiary/aromatic N) is 1. The first-order valence-corrected chi connectivity index (χ1v) is 6.43. The van der Waals surface area contributed by atoms with E-state index in [1.165, 1.54) is 16.0 Å². The van der Waals surface area contributed by atoms with Crippen molar-refractivity contribution in [2.24, 2.45) is 0 Å². The number of carbonyl (C=O) groups is 1. The molecule has 0 saturated heterocycles. The molecule has 0 bridgehead atoms. The molecule has 4 nitrogen and oxygen atoms in total. The van der Waals surface area contributed by atoms with Crippen LogP contribution in [0.25, 0.3) is 10.9 Å². The summed E-state index contributed by atoms with van der Waals surface area (Å²) in [5, 5.41) is 1.10. The Kier molecular flexibility index (Phi) is 4.15. The molecule has 2 rings (SSSR count). The van der Waals surface area contributed by atoms with Crippen LogP contribution in [0.5, 0.6) is 0 Å². The van der Waals surface area contributed by atoms with Gasteiger partial charge >= 0.3 is 12.1 Å². The van der Waals surface area contributed by atoms with Gasteiger partial charge in [0.05, 0.1) is 15.9 Å². The highest BCUT2D eigenvalue weighted by Crippen LogP contribution is 2.23. The lowest BCUT2D eigenvalue weighted by molar-refractivity contribution is -0.167. The maximum Gasteiger partial charge on any atom is 0.471 e. The number of carbonyl (C=O) groups excluding carboxylic acids is 1. The number of hydrogen-bond acceptors (Lipinski definition) is 2. The zero-order valence-corrected chi connectivity index (χ0v) is 11.8. The lowest BCUT2D eigenvalue weighted by atomic mass is 10.2. The Morgan fingerprint density at radius 2 is 2.00 bits per heavy atom. The van der Waals surface area contributed by atoms with Gasteiger partial charge < -0.3 is 9.88 Å². The van der Waals surface area contributed by atoms with Gasteiger partial charge in [0.15, 0.2) is 0 Å². The van der Waals surface area contributed by atoms with E-state index in [1.54, 1.807) is 6.92 Å². The van der Waals surface area contributed by atoms with E-state index in [1.807, 2.05) is 0 Å². The molecule has 1 aromatic carbocycles. The smallest absolute Gasteiger partial charge is 0.345 e. The van der Waals surface area contributed by atoms with Crippen LogP contribution in [-0.4, -0.2) is 16.7 Å². The van der Waals surface area contributed by atoms with Crippen LogP contribution >= 0.6 is 11.6 Å². The van der Waals surface area contributed by atoms with Gasteiger partial charge in [-0.05, 0) is 19.1 Å². The highest BCUT2D eigenvalue weighted by molar-refractivity contribution is 6.31. The second-order valence-electron chi connectivity index (χ2n) is 4.39.